The molecule has 1 N–H and O–H groups in total. The van der Waals surface area contributed by atoms with Crippen LogP contribution in [0.4, 0.5) is 5.82 Å². The molecule has 2 heterocycles. The lowest BCUT2D eigenvalue weighted by Gasteiger charge is -2.23. The summed E-state index contributed by atoms with van der Waals surface area (Å²) >= 11 is 0. The maximum Gasteiger partial charge on any atom is 0.328 e. The van der Waals surface area contributed by atoms with Crippen LogP contribution in [-0.4, -0.2) is 31.7 Å². The van der Waals surface area contributed by atoms with Gasteiger partial charge in [-0.25, -0.2) is 15.0 Å². The first-order chi connectivity index (χ1) is 10.9. The Hall–Kier alpha value is -1.81. The highest BCUT2D eigenvalue weighted by atomic mass is 31.1. The molecule has 1 unspecified atom stereocenters. The fourth-order valence-electron chi connectivity index (χ4n) is 2.88. The predicted octanol–water partition coefficient (Wildman–Crippen LogP) is 3.15. The van der Waals surface area contributed by atoms with Crippen LogP contribution < -0.4 is 5.32 Å². The molecule has 1 saturated carbocycles. The molecular weight excluding hydrogens is 297 g/mol. The van der Waals surface area contributed by atoms with Gasteiger partial charge in [0.2, 0.25) is 0 Å². The summed E-state index contributed by atoms with van der Waals surface area (Å²) in [6.45, 7) is 0.681. The second-order valence-electron chi connectivity index (χ2n) is 5.59. The van der Waals surface area contributed by atoms with Crippen molar-refractivity contribution in [2.45, 2.75) is 44.7 Å². The van der Waals surface area contributed by atoms with Gasteiger partial charge < -0.3 is 9.88 Å². The largest absolute Gasteiger partial charge is 0.365 e. The molecule has 0 saturated heterocycles. The Bertz CT molecular complexity index is 663. The number of hydrogen-bond donors (Lipinski definition) is 1. The van der Waals surface area contributed by atoms with E-state index in [0.29, 0.717) is 18.7 Å². The minimum absolute atomic E-state index is 0.283. The van der Waals surface area contributed by atoms with Gasteiger partial charge >= 0.3 is 8.46 Å². The fourth-order valence-corrected chi connectivity index (χ4v) is 3.14. The van der Waals surface area contributed by atoms with Crippen LogP contribution >= 0.6 is 8.46 Å². The quantitative estimate of drug-likeness (QED) is 0.654. The first-order valence-electron chi connectivity index (χ1n) is 7.81. The van der Waals surface area contributed by atoms with Crippen molar-refractivity contribution in [3.8, 4) is 0 Å². The van der Waals surface area contributed by atoms with Crippen LogP contribution in [0.5, 0.6) is 0 Å². The van der Waals surface area contributed by atoms with Gasteiger partial charge in [-0.05, 0) is 18.9 Å². The van der Waals surface area contributed by atoms with Crippen LogP contribution in [0.15, 0.2) is 24.8 Å². The van der Waals surface area contributed by atoms with Gasteiger partial charge in [-0.3, -0.25) is 0 Å². The fraction of sp³-hybridized carbons (Fsp3) is 0.533. The number of anilines is 1. The third kappa shape index (κ3) is 3.50. The molecule has 0 radical (unpaired) electrons. The Kier molecular flexibility index (Phi) is 5.11. The van der Waals surface area contributed by atoms with Crippen molar-refractivity contribution in [1.29, 1.82) is 0 Å². The predicted molar refractivity (Wildman–Crippen MR) is 88.8 cm³/mol. The Balaban J connectivity index is 1.77. The zero-order valence-corrected chi connectivity index (χ0v) is 13.5. The molecule has 1 aliphatic carbocycles. The summed E-state index contributed by atoms with van der Waals surface area (Å²) in [5, 5.41) is 3.53. The van der Waals surface area contributed by atoms with E-state index in [4.69, 9.17) is 0 Å². The van der Waals surface area contributed by atoms with E-state index >= 15 is 0 Å². The van der Waals surface area contributed by atoms with Gasteiger partial charge in [0.25, 0.3) is 0 Å². The number of allylic oxidation sites excluding steroid dienone is 2. The maximum atomic E-state index is 10.5. The van der Waals surface area contributed by atoms with Crippen molar-refractivity contribution in [3.05, 3.63) is 24.8 Å². The average molecular weight is 318 g/mol. The molecular formula is C15H21N5OP+. The van der Waals surface area contributed by atoms with Crippen LogP contribution in [0.3, 0.4) is 0 Å². The van der Waals surface area contributed by atoms with Crippen molar-refractivity contribution >= 4 is 25.4 Å². The average Bonchev–Trinajstić information content (AvgIpc) is 2.97. The molecule has 1 atom stereocenters. The van der Waals surface area contributed by atoms with Crippen molar-refractivity contribution in [2.75, 3.05) is 11.5 Å². The molecule has 1 aliphatic rings. The molecule has 6 nitrogen and oxygen atoms in total. The zero-order valence-electron chi connectivity index (χ0n) is 12.5. The third-order valence-corrected chi connectivity index (χ3v) is 4.42. The van der Waals surface area contributed by atoms with Gasteiger partial charge in [0, 0.05) is 12.6 Å². The SMILES string of the molecule is O=[PH+]CC=CCn1cnc2c(NC3CCCCC3)ncnc21. The first-order valence-corrected chi connectivity index (χ1v) is 8.92. The lowest BCUT2D eigenvalue weighted by molar-refractivity contribution is 0.462. The number of imidazole rings is 1. The Morgan fingerprint density at radius 1 is 1.23 bits per heavy atom. The van der Waals surface area contributed by atoms with Gasteiger partial charge in [0.05, 0.1) is 6.33 Å². The molecule has 0 aliphatic heterocycles. The number of nitrogens with zero attached hydrogens (tertiary/aromatic N) is 4. The third-order valence-electron chi connectivity index (χ3n) is 4.02. The highest BCUT2D eigenvalue weighted by Crippen LogP contribution is 2.24. The smallest absolute Gasteiger partial charge is 0.328 e. The van der Waals surface area contributed by atoms with Crippen LogP contribution in [-0.2, 0) is 11.1 Å². The van der Waals surface area contributed by atoms with E-state index in [1.54, 1.807) is 12.7 Å². The summed E-state index contributed by atoms with van der Waals surface area (Å²) in [6, 6.07) is 0.495. The topological polar surface area (TPSA) is 72.7 Å². The second-order valence-corrected chi connectivity index (χ2v) is 6.29. The van der Waals surface area contributed by atoms with E-state index in [9.17, 15) is 4.57 Å². The van der Waals surface area contributed by atoms with E-state index in [1.807, 2.05) is 16.7 Å². The highest BCUT2D eigenvalue weighted by Gasteiger charge is 2.16. The lowest BCUT2D eigenvalue weighted by Crippen LogP contribution is -2.23. The molecule has 0 amide bonds. The number of aromatic nitrogens is 4. The summed E-state index contributed by atoms with van der Waals surface area (Å²) in [7, 11) is -0.283. The van der Waals surface area contributed by atoms with E-state index in [2.05, 4.69) is 20.3 Å². The standard InChI is InChI=1S/C15H20N5OP/c21-22-9-5-4-8-20-11-18-13-14(16-10-17-15(13)20)19-12-6-2-1-3-7-12/h4-5,10-12H,1-3,6-9H2,(H,16,17,19)/p+1. The molecule has 0 spiro atoms. The van der Waals surface area contributed by atoms with Crippen LogP contribution in [0.25, 0.3) is 11.2 Å². The maximum absolute atomic E-state index is 10.5. The molecule has 22 heavy (non-hydrogen) atoms. The van der Waals surface area contributed by atoms with Crippen LogP contribution in [0.2, 0.25) is 0 Å². The lowest BCUT2D eigenvalue weighted by atomic mass is 9.95. The van der Waals surface area contributed by atoms with Gasteiger partial charge in [0.1, 0.15) is 11.8 Å². The van der Waals surface area contributed by atoms with Crippen molar-refractivity contribution in [1.82, 2.24) is 19.5 Å². The molecule has 116 valence electrons. The minimum atomic E-state index is -0.283. The normalized spacial score (nSPS) is 16.7. The summed E-state index contributed by atoms with van der Waals surface area (Å²) < 4.78 is 12.4. The molecule has 2 aromatic heterocycles. The zero-order chi connectivity index (χ0) is 15.2. The molecule has 0 aromatic carbocycles. The van der Waals surface area contributed by atoms with Crippen molar-refractivity contribution < 1.29 is 4.57 Å². The molecule has 2 aromatic rings. The Morgan fingerprint density at radius 2 is 2.09 bits per heavy atom. The summed E-state index contributed by atoms with van der Waals surface area (Å²) in [4.78, 5) is 13.2. The summed E-state index contributed by atoms with van der Waals surface area (Å²) in [5.74, 6) is 0.834. The minimum Gasteiger partial charge on any atom is -0.365 e. The molecule has 7 heteroatoms. The van der Waals surface area contributed by atoms with Crippen molar-refractivity contribution in [3.63, 3.8) is 0 Å². The van der Waals surface area contributed by atoms with E-state index in [0.717, 1.165) is 17.0 Å². The van der Waals surface area contributed by atoms with E-state index in [-0.39, 0.29) is 8.46 Å². The Labute approximate surface area is 131 Å². The van der Waals surface area contributed by atoms with Crippen LogP contribution in [0, 0.1) is 0 Å². The summed E-state index contributed by atoms with van der Waals surface area (Å²) in [5.41, 5.74) is 1.66. The Morgan fingerprint density at radius 3 is 2.91 bits per heavy atom. The van der Waals surface area contributed by atoms with Gasteiger partial charge in [-0.1, -0.05) is 29.9 Å². The number of nitrogens with one attached hydrogen (secondary N) is 1. The highest BCUT2D eigenvalue weighted by molar-refractivity contribution is 7.23. The monoisotopic (exact) mass is 318 g/mol. The van der Waals surface area contributed by atoms with E-state index in [1.165, 1.54) is 32.1 Å². The number of rotatable bonds is 6. The van der Waals surface area contributed by atoms with Gasteiger partial charge in [-0.2, -0.15) is 0 Å². The summed E-state index contributed by atoms with van der Waals surface area (Å²) in [6.07, 6.45) is 14.2. The van der Waals surface area contributed by atoms with Crippen molar-refractivity contribution in [2.24, 2.45) is 0 Å². The first kappa shape index (κ1) is 15.1. The van der Waals surface area contributed by atoms with E-state index < -0.39 is 0 Å². The van der Waals surface area contributed by atoms with Gasteiger partial charge in [0.15, 0.2) is 17.6 Å². The number of fused-ring (bicyclic) bond motifs is 1. The second kappa shape index (κ2) is 7.45. The molecule has 1 fully saturated rings. The van der Waals surface area contributed by atoms with Crippen LogP contribution in [0.1, 0.15) is 32.1 Å². The van der Waals surface area contributed by atoms with Gasteiger partial charge in [-0.15, -0.1) is 0 Å². The number of hydrogen-bond acceptors (Lipinski definition) is 5. The molecule has 3 rings (SSSR count). The molecule has 0 bridgehead atoms.